The predicted octanol–water partition coefficient (Wildman–Crippen LogP) is 0.339. The molecule has 0 aliphatic rings. The van der Waals surface area contributed by atoms with Gasteiger partial charge in [-0.2, -0.15) is 0 Å². The fourth-order valence-corrected chi connectivity index (χ4v) is 1.16. The highest BCUT2D eigenvalue weighted by Crippen LogP contribution is 2.05. The van der Waals surface area contributed by atoms with E-state index in [1.54, 1.807) is 6.92 Å². The molecule has 4 N–H and O–H groups in total. The molecular weight excluding hydrogens is 196 g/mol. The predicted molar refractivity (Wildman–Crippen MR) is 57.3 cm³/mol. The fourth-order valence-electron chi connectivity index (χ4n) is 1.16. The lowest BCUT2D eigenvalue weighted by atomic mass is 9.99. The molecule has 0 bridgehead atoms. The number of carboxylic acid groups (broad SMARTS) is 1. The lowest BCUT2D eigenvalue weighted by molar-refractivity contribution is -0.137. The van der Waals surface area contributed by atoms with E-state index in [1.807, 2.05) is 13.8 Å². The lowest BCUT2D eigenvalue weighted by Gasteiger charge is -2.20. The first-order valence-corrected chi connectivity index (χ1v) is 5.16. The van der Waals surface area contributed by atoms with Crippen molar-refractivity contribution in [2.24, 2.45) is 11.7 Å². The van der Waals surface area contributed by atoms with Gasteiger partial charge in [-0.05, 0) is 12.8 Å². The van der Waals surface area contributed by atoms with Crippen LogP contribution in [0.25, 0.3) is 0 Å². The van der Waals surface area contributed by atoms with Crippen molar-refractivity contribution in [2.75, 3.05) is 0 Å². The second-order valence-electron chi connectivity index (χ2n) is 3.92. The molecule has 88 valence electrons. The first kappa shape index (κ1) is 13.9. The van der Waals surface area contributed by atoms with E-state index in [1.165, 1.54) is 0 Å². The number of amides is 1. The normalized spacial score (nSPS) is 16.5. The van der Waals surface area contributed by atoms with Crippen molar-refractivity contribution >= 4 is 11.9 Å². The largest absolute Gasteiger partial charge is 0.481 e. The minimum atomic E-state index is -0.931. The van der Waals surface area contributed by atoms with Crippen LogP contribution in [0.4, 0.5) is 0 Å². The van der Waals surface area contributed by atoms with E-state index in [2.05, 4.69) is 5.32 Å². The molecule has 0 spiro atoms. The van der Waals surface area contributed by atoms with Crippen molar-refractivity contribution in [3.63, 3.8) is 0 Å². The number of hydrogen-bond acceptors (Lipinski definition) is 3. The number of carboxylic acids is 1. The summed E-state index contributed by atoms with van der Waals surface area (Å²) in [5, 5.41) is 11.1. The van der Waals surface area contributed by atoms with Crippen LogP contribution in [0, 0.1) is 5.92 Å². The number of nitrogens with one attached hydrogen (secondary N) is 1. The van der Waals surface area contributed by atoms with Crippen LogP contribution in [0.3, 0.4) is 0 Å². The molecule has 0 aliphatic heterocycles. The van der Waals surface area contributed by atoms with Crippen molar-refractivity contribution in [2.45, 2.75) is 45.7 Å². The zero-order chi connectivity index (χ0) is 12.0. The highest BCUT2D eigenvalue weighted by Gasteiger charge is 2.21. The van der Waals surface area contributed by atoms with Crippen LogP contribution in [0.5, 0.6) is 0 Å². The number of nitrogens with two attached hydrogens (primary N) is 1. The van der Waals surface area contributed by atoms with Gasteiger partial charge in [0, 0.05) is 6.04 Å². The van der Waals surface area contributed by atoms with Crippen LogP contribution in [0.15, 0.2) is 0 Å². The Kier molecular flexibility index (Phi) is 5.93. The Morgan fingerprint density at radius 2 is 1.93 bits per heavy atom. The molecule has 0 rings (SSSR count). The van der Waals surface area contributed by atoms with E-state index >= 15 is 0 Å². The zero-order valence-electron chi connectivity index (χ0n) is 9.49. The van der Waals surface area contributed by atoms with Crippen molar-refractivity contribution in [1.29, 1.82) is 0 Å². The first-order valence-electron chi connectivity index (χ1n) is 5.16. The number of aliphatic carboxylic acids is 1. The van der Waals surface area contributed by atoms with E-state index in [4.69, 9.17) is 10.8 Å². The lowest BCUT2D eigenvalue weighted by Crippen LogP contribution is -2.47. The molecule has 5 nitrogen and oxygen atoms in total. The maximum Gasteiger partial charge on any atom is 0.305 e. The molecular formula is C10H20N2O3. The molecule has 1 amide bonds. The molecule has 0 aliphatic carbocycles. The third kappa shape index (κ3) is 5.37. The fraction of sp³-hybridized carbons (Fsp3) is 0.800. The summed E-state index contributed by atoms with van der Waals surface area (Å²) >= 11 is 0. The Morgan fingerprint density at radius 1 is 1.40 bits per heavy atom. The van der Waals surface area contributed by atoms with E-state index in [-0.39, 0.29) is 24.3 Å². The molecule has 5 heteroatoms. The number of carbonyl (C=O) groups is 2. The van der Waals surface area contributed by atoms with Crippen LogP contribution in [-0.2, 0) is 9.59 Å². The first-order chi connectivity index (χ1) is 6.88. The van der Waals surface area contributed by atoms with E-state index in [0.717, 1.165) is 6.42 Å². The van der Waals surface area contributed by atoms with Crippen molar-refractivity contribution in [3.8, 4) is 0 Å². The van der Waals surface area contributed by atoms with Gasteiger partial charge in [0.1, 0.15) is 0 Å². The van der Waals surface area contributed by atoms with E-state index in [9.17, 15) is 9.59 Å². The molecule has 15 heavy (non-hydrogen) atoms. The quantitative estimate of drug-likeness (QED) is 0.597. The average molecular weight is 216 g/mol. The maximum absolute atomic E-state index is 11.5. The van der Waals surface area contributed by atoms with Gasteiger partial charge in [-0.1, -0.05) is 20.3 Å². The standard InChI is InChI=1S/C10H20N2O3/c1-4-6(2)9(11)10(15)12-7(3)5-8(13)14/h6-7,9H,4-5,11H2,1-3H3,(H,12,15)(H,13,14). The van der Waals surface area contributed by atoms with Crippen molar-refractivity contribution < 1.29 is 14.7 Å². The summed E-state index contributed by atoms with van der Waals surface area (Å²) in [5.74, 6) is -1.11. The summed E-state index contributed by atoms with van der Waals surface area (Å²) in [5.41, 5.74) is 5.69. The van der Waals surface area contributed by atoms with Crippen LogP contribution in [-0.4, -0.2) is 29.1 Å². The van der Waals surface area contributed by atoms with Crippen LogP contribution in [0.1, 0.15) is 33.6 Å². The molecule has 0 aromatic rings. The average Bonchev–Trinajstić information content (AvgIpc) is 2.13. The summed E-state index contributed by atoms with van der Waals surface area (Å²) in [4.78, 5) is 21.9. The van der Waals surface area contributed by atoms with Gasteiger partial charge >= 0.3 is 5.97 Å². The second kappa shape index (κ2) is 6.40. The Labute approximate surface area is 90.0 Å². The highest BCUT2D eigenvalue weighted by atomic mass is 16.4. The second-order valence-corrected chi connectivity index (χ2v) is 3.92. The van der Waals surface area contributed by atoms with Gasteiger partial charge in [0.15, 0.2) is 0 Å². The van der Waals surface area contributed by atoms with Crippen LogP contribution >= 0.6 is 0 Å². The molecule has 0 saturated carbocycles. The third-order valence-corrected chi connectivity index (χ3v) is 2.43. The Balaban J connectivity index is 4.06. The zero-order valence-corrected chi connectivity index (χ0v) is 9.49. The maximum atomic E-state index is 11.5. The molecule has 0 saturated heterocycles. The minimum Gasteiger partial charge on any atom is -0.481 e. The summed E-state index contributed by atoms with van der Waals surface area (Å²) in [6.45, 7) is 5.50. The van der Waals surface area contributed by atoms with Gasteiger partial charge in [0.25, 0.3) is 0 Å². The summed E-state index contributed by atoms with van der Waals surface area (Å²) in [6, 6.07) is -0.948. The summed E-state index contributed by atoms with van der Waals surface area (Å²) < 4.78 is 0. The molecule has 3 atom stereocenters. The SMILES string of the molecule is CCC(C)C(N)C(=O)NC(C)CC(=O)O. The van der Waals surface area contributed by atoms with E-state index in [0.29, 0.717) is 0 Å². The van der Waals surface area contributed by atoms with E-state index < -0.39 is 12.0 Å². The topological polar surface area (TPSA) is 92.4 Å². The molecule has 0 aromatic carbocycles. The van der Waals surface area contributed by atoms with Gasteiger partial charge in [-0.15, -0.1) is 0 Å². The summed E-state index contributed by atoms with van der Waals surface area (Å²) in [7, 11) is 0. The van der Waals surface area contributed by atoms with Crippen LogP contribution < -0.4 is 11.1 Å². The van der Waals surface area contributed by atoms with Crippen LogP contribution in [0.2, 0.25) is 0 Å². The molecule has 3 unspecified atom stereocenters. The molecule has 0 aromatic heterocycles. The molecule has 0 radical (unpaired) electrons. The smallest absolute Gasteiger partial charge is 0.305 e. The third-order valence-electron chi connectivity index (χ3n) is 2.43. The van der Waals surface area contributed by atoms with Crippen molar-refractivity contribution in [1.82, 2.24) is 5.32 Å². The van der Waals surface area contributed by atoms with Crippen molar-refractivity contribution in [3.05, 3.63) is 0 Å². The van der Waals surface area contributed by atoms with Gasteiger partial charge < -0.3 is 16.2 Å². The Morgan fingerprint density at radius 3 is 2.33 bits per heavy atom. The van der Waals surface area contributed by atoms with Gasteiger partial charge in [0.05, 0.1) is 12.5 Å². The molecule has 0 fully saturated rings. The Hall–Kier alpha value is -1.10. The number of hydrogen-bond donors (Lipinski definition) is 3. The monoisotopic (exact) mass is 216 g/mol. The number of carbonyl (C=O) groups excluding carboxylic acids is 1. The Bertz CT molecular complexity index is 231. The van der Waals surface area contributed by atoms with Gasteiger partial charge in [-0.25, -0.2) is 0 Å². The van der Waals surface area contributed by atoms with Gasteiger partial charge in [-0.3, -0.25) is 9.59 Å². The van der Waals surface area contributed by atoms with Gasteiger partial charge in [0.2, 0.25) is 5.91 Å². The summed E-state index contributed by atoms with van der Waals surface area (Å²) in [6.07, 6.45) is 0.737. The highest BCUT2D eigenvalue weighted by molar-refractivity contribution is 5.82. The minimum absolute atomic E-state index is 0.0844. The molecule has 0 heterocycles. The number of rotatable bonds is 6.